The molecule has 0 saturated heterocycles. The van der Waals surface area contributed by atoms with Gasteiger partial charge in [0.25, 0.3) is 6.43 Å². The van der Waals surface area contributed by atoms with Gasteiger partial charge in [0, 0.05) is 11.0 Å². The van der Waals surface area contributed by atoms with E-state index in [0.717, 1.165) is 0 Å². The zero-order valence-corrected chi connectivity index (χ0v) is 10.6. The van der Waals surface area contributed by atoms with Crippen LogP contribution in [0.15, 0.2) is 10.5 Å². The van der Waals surface area contributed by atoms with Crippen LogP contribution in [0.4, 0.5) is 8.78 Å². The minimum atomic E-state index is -2.85. The van der Waals surface area contributed by atoms with Crippen molar-refractivity contribution >= 4 is 21.9 Å². The molecular weight excluding hydrogens is 298 g/mol. The lowest BCUT2D eigenvalue weighted by molar-refractivity contribution is 0.0513. The summed E-state index contributed by atoms with van der Waals surface area (Å²) in [6.07, 6.45) is -2.85. The number of alkyl halides is 2. The molecule has 0 aliphatic heterocycles. The maximum Gasteiger partial charge on any atom is 0.340 e. The van der Waals surface area contributed by atoms with Crippen molar-refractivity contribution in [2.24, 2.45) is 5.73 Å². The van der Waals surface area contributed by atoms with Gasteiger partial charge >= 0.3 is 5.97 Å². The fourth-order valence-electron chi connectivity index (χ4n) is 1.22. The Morgan fingerprint density at radius 1 is 1.65 bits per heavy atom. The topological polar surface area (TPSA) is 65.2 Å². The van der Waals surface area contributed by atoms with Gasteiger partial charge in [-0.15, -0.1) is 0 Å². The zero-order valence-electron chi connectivity index (χ0n) is 9.04. The van der Waals surface area contributed by atoms with Gasteiger partial charge in [-0.2, -0.15) is 0 Å². The lowest BCUT2D eigenvalue weighted by Crippen LogP contribution is -2.13. The number of aromatic nitrogens is 1. The second kappa shape index (κ2) is 6.02. The molecule has 0 unspecified atom stereocenters. The minimum absolute atomic E-state index is 0.00338. The van der Waals surface area contributed by atoms with Gasteiger partial charge in [-0.3, -0.25) is 0 Å². The van der Waals surface area contributed by atoms with Crippen molar-refractivity contribution in [3.63, 3.8) is 0 Å². The summed E-state index contributed by atoms with van der Waals surface area (Å²) in [7, 11) is 0. The average molecular weight is 309 g/mol. The van der Waals surface area contributed by atoms with E-state index < -0.39 is 18.1 Å². The third-order valence-corrected chi connectivity index (χ3v) is 2.66. The van der Waals surface area contributed by atoms with E-state index in [4.69, 9.17) is 5.73 Å². The van der Waals surface area contributed by atoms with E-state index >= 15 is 0 Å². The number of halogens is 3. The maximum atomic E-state index is 12.7. The normalized spacial score (nSPS) is 10.7. The quantitative estimate of drug-likeness (QED) is 0.868. The molecule has 0 bridgehead atoms. The average Bonchev–Trinajstić information content (AvgIpc) is 2.28. The van der Waals surface area contributed by atoms with Gasteiger partial charge in [-0.05, 0) is 28.9 Å². The van der Waals surface area contributed by atoms with Crippen molar-refractivity contribution in [2.45, 2.75) is 19.9 Å². The summed E-state index contributed by atoms with van der Waals surface area (Å²) in [6.45, 7) is 1.71. The van der Waals surface area contributed by atoms with E-state index in [1.807, 2.05) is 0 Å². The van der Waals surface area contributed by atoms with E-state index in [1.165, 1.54) is 6.07 Å². The smallest absolute Gasteiger partial charge is 0.340 e. The summed E-state index contributed by atoms with van der Waals surface area (Å²) < 4.78 is 30.6. The van der Waals surface area contributed by atoms with Gasteiger partial charge in [-0.25, -0.2) is 18.6 Å². The van der Waals surface area contributed by atoms with Crippen LogP contribution in [0.25, 0.3) is 0 Å². The second-order valence-electron chi connectivity index (χ2n) is 3.07. The largest absolute Gasteiger partial charge is 0.462 e. The fraction of sp³-hybridized carbons (Fsp3) is 0.400. The number of pyridine rings is 1. The van der Waals surface area contributed by atoms with Crippen molar-refractivity contribution in [3.8, 4) is 0 Å². The lowest BCUT2D eigenvalue weighted by Gasteiger charge is -2.10. The van der Waals surface area contributed by atoms with Crippen molar-refractivity contribution in [3.05, 3.63) is 27.5 Å². The van der Waals surface area contributed by atoms with Crippen LogP contribution in [0.2, 0.25) is 0 Å². The molecule has 0 aliphatic rings. The Hall–Kier alpha value is -1.08. The molecule has 1 aromatic heterocycles. The molecule has 17 heavy (non-hydrogen) atoms. The van der Waals surface area contributed by atoms with Crippen molar-refractivity contribution in [2.75, 3.05) is 6.61 Å². The second-order valence-corrected chi connectivity index (χ2v) is 3.93. The molecular formula is C10H11BrF2N2O2. The zero-order chi connectivity index (χ0) is 13.0. The Morgan fingerprint density at radius 3 is 2.76 bits per heavy atom. The van der Waals surface area contributed by atoms with Gasteiger partial charge in [0.15, 0.2) is 0 Å². The standard InChI is InChI=1S/C10H11BrF2N2O2/c1-2-17-10(16)5-3-6(11)7(4-14)15-8(5)9(12)13/h3,9H,2,4,14H2,1H3. The van der Waals surface area contributed by atoms with Crippen molar-refractivity contribution in [1.29, 1.82) is 0 Å². The Balaban J connectivity index is 3.27. The molecule has 94 valence electrons. The summed E-state index contributed by atoms with van der Waals surface area (Å²) in [5.41, 5.74) is 4.77. The van der Waals surface area contributed by atoms with E-state index in [0.29, 0.717) is 4.47 Å². The van der Waals surface area contributed by atoms with E-state index in [2.05, 4.69) is 25.7 Å². The lowest BCUT2D eigenvalue weighted by atomic mass is 10.1. The number of carbonyl (C=O) groups is 1. The Kier molecular flexibility index (Phi) is 4.95. The van der Waals surface area contributed by atoms with Crippen LogP contribution in [0.1, 0.15) is 35.1 Å². The predicted molar refractivity (Wildman–Crippen MR) is 60.7 cm³/mol. The third kappa shape index (κ3) is 3.19. The number of carbonyl (C=O) groups excluding carboxylic acids is 1. The van der Waals surface area contributed by atoms with Gasteiger partial charge in [0.2, 0.25) is 0 Å². The summed E-state index contributed by atoms with van der Waals surface area (Å²) in [4.78, 5) is 15.1. The summed E-state index contributed by atoms with van der Waals surface area (Å²) in [5.74, 6) is -0.820. The van der Waals surface area contributed by atoms with Crippen LogP contribution < -0.4 is 5.73 Å². The monoisotopic (exact) mass is 308 g/mol. The van der Waals surface area contributed by atoms with Crippen LogP contribution in [-0.4, -0.2) is 17.6 Å². The van der Waals surface area contributed by atoms with Gasteiger partial charge in [0.05, 0.1) is 17.9 Å². The Labute approximate surface area is 105 Å². The molecule has 1 heterocycles. The molecule has 0 atom stereocenters. The van der Waals surface area contributed by atoms with Crippen molar-refractivity contribution in [1.82, 2.24) is 4.98 Å². The van der Waals surface area contributed by atoms with E-state index in [9.17, 15) is 13.6 Å². The summed E-state index contributed by atoms with van der Waals surface area (Å²) in [5, 5.41) is 0. The molecule has 0 spiro atoms. The molecule has 7 heteroatoms. The molecule has 0 saturated carbocycles. The maximum absolute atomic E-state index is 12.7. The summed E-state index contributed by atoms with van der Waals surface area (Å²) >= 11 is 3.11. The predicted octanol–water partition coefficient (Wildman–Crippen LogP) is 2.42. The molecule has 4 nitrogen and oxygen atoms in total. The van der Waals surface area contributed by atoms with Crippen LogP contribution in [0.5, 0.6) is 0 Å². The van der Waals surface area contributed by atoms with Crippen LogP contribution in [0.3, 0.4) is 0 Å². The molecule has 1 aromatic rings. The Bertz CT molecular complexity index is 427. The number of hydrogen-bond acceptors (Lipinski definition) is 4. The highest BCUT2D eigenvalue weighted by Crippen LogP contribution is 2.26. The van der Waals surface area contributed by atoms with Gasteiger partial charge < -0.3 is 10.5 Å². The first kappa shape index (κ1) is 14.0. The molecule has 2 N–H and O–H groups in total. The highest BCUT2D eigenvalue weighted by molar-refractivity contribution is 9.10. The highest BCUT2D eigenvalue weighted by Gasteiger charge is 2.23. The van der Waals surface area contributed by atoms with Crippen LogP contribution in [0, 0.1) is 0 Å². The number of hydrogen-bond donors (Lipinski definition) is 1. The molecule has 0 aliphatic carbocycles. The molecule has 0 radical (unpaired) electrons. The SMILES string of the molecule is CCOC(=O)c1cc(Br)c(CN)nc1C(F)F. The van der Waals surface area contributed by atoms with E-state index in [-0.39, 0.29) is 24.4 Å². The Morgan fingerprint density at radius 2 is 2.29 bits per heavy atom. The number of nitrogens with zero attached hydrogens (tertiary/aromatic N) is 1. The molecule has 0 aromatic carbocycles. The molecule has 0 amide bonds. The summed E-state index contributed by atoms with van der Waals surface area (Å²) in [6, 6.07) is 1.26. The first-order chi connectivity index (χ1) is 8.01. The third-order valence-electron chi connectivity index (χ3n) is 1.97. The van der Waals surface area contributed by atoms with Crippen LogP contribution in [-0.2, 0) is 11.3 Å². The van der Waals surface area contributed by atoms with E-state index in [1.54, 1.807) is 6.92 Å². The first-order valence-corrected chi connectivity index (χ1v) is 5.65. The molecule has 1 rings (SSSR count). The van der Waals surface area contributed by atoms with Gasteiger partial charge in [0.1, 0.15) is 5.69 Å². The van der Waals surface area contributed by atoms with Crippen molar-refractivity contribution < 1.29 is 18.3 Å². The number of esters is 1. The fourth-order valence-corrected chi connectivity index (χ4v) is 1.70. The number of rotatable bonds is 4. The van der Waals surface area contributed by atoms with Crippen LogP contribution >= 0.6 is 15.9 Å². The molecule has 0 fully saturated rings. The number of ether oxygens (including phenoxy) is 1. The first-order valence-electron chi connectivity index (χ1n) is 4.85. The highest BCUT2D eigenvalue weighted by atomic mass is 79.9. The minimum Gasteiger partial charge on any atom is -0.462 e. The number of nitrogens with two attached hydrogens (primary N) is 1. The van der Waals surface area contributed by atoms with Gasteiger partial charge in [-0.1, -0.05) is 0 Å².